The van der Waals surface area contributed by atoms with Crippen LogP contribution in [0.3, 0.4) is 0 Å². The summed E-state index contributed by atoms with van der Waals surface area (Å²) in [4.78, 5) is 39.5. The first-order valence-corrected chi connectivity index (χ1v) is 13.0. The number of benzene rings is 3. The van der Waals surface area contributed by atoms with Crippen LogP contribution in [0.2, 0.25) is 0 Å². The fraction of sp³-hybridized carbons (Fsp3) is 0.300. The van der Waals surface area contributed by atoms with Gasteiger partial charge in [-0.05, 0) is 65.6 Å². The van der Waals surface area contributed by atoms with Crippen LogP contribution in [0.1, 0.15) is 21.5 Å². The Bertz CT molecular complexity index is 1440. The molecule has 3 amide bonds. The summed E-state index contributed by atoms with van der Waals surface area (Å²) in [5, 5.41) is 5.96. The minimum absolute atomic E-state index is 0.0507. The number of methoxy groups -OCH3 is 1. The number of nitrogens with zero attached hydrogens (tertiary/aromatic N) is 1. The van der Waals surface area contributed by atoms with E-state index < -0.39 is 18.1 Å². The van der Waals surface area contributed by atoms with E-state index in [0.29, 0.717) is 35.9 Å². The van der Waals surface area contributed by atoms with Gasteiger partial charge in [0.05, 0.1) is 19.7 Å². The van der Waals surface area contributed by atoms with Gasteiger partial charge < -0.3 is 30.6 Å². The number of carbonyl (C=O) groups excluding carboxylic acids is 3. The number of rotatable bonds is 3. The lowest BCUT2D eigenvalue weighted by molar-refractivity contribution is -0.123. The van der Waals surface area contributed by atoms with Crippen LogP contribution >= 0.6 is 0 Å². The first-order valence-electron chi connectivity index (χ1n) is 13.0. The molecule has 1 fully saturated rings. The number of nitrogens with two attached hydrogens (primary N) is 1. The Hall–Kier alpha value is -4.57. The van der Waals surface area contributed by atoms with Crippen molar-refractivity contribution in [2.75, 3.05) is 33.4 Å². The number of fused-ring (bicyclic) bond motifs is 7. The Morgan fingerprint density at radius 1 is 1.07 bits per heavy atom. The number of ether oxygens (including phenoxy) is 3. The zero-order valence-electron chi connectivity index (χ0n) is 22.4. The van der Waals surface area contributed by atoms with Crippen LogP contribution in [0, 0.1) is 6.92 Å². The first kappa shape index (κ1) is 27.0. The molecular weight excluding hydrogens is 512 g/mol. The van der Waals surface area contributed by atoms with Crippen LogP contribution in [-0.2, 0) is 16.1 Å². The first-order chi connectivity index (χ1) is 19.3. The zero-order chi connectivity index (χ0) is 28.2. The Morgan fingerprint density at radius 2 is 1.93 bits per heavy atom. The van der Waals surface area contributed by atoms with Crippen LogP contribution < -0.4 is 30.6 Å². The molecule has 40 heavy (non-hydrogen) atoms. The number of nitrogens with one attached hydrogen (secondary N) is 2. The molecule has 3 aliphatic heterocycles. The Morgan fingerprint density at radius 3 is 2.73 bits per heavy atom. The molecule has 0 radical (unpaired) electrons. The zero-order valence-corrected chi connectivity index (χ0v) is 22.4. The Kier molecular flexibility index (Phi) is 7.88. The molecule has 2 atom stereocenters. The number of hydrogen-bond donors (Lipinski definition) is 3. The molecule has 10 heteroatoms. The van der Waals surface area contributed by atoms with Gasteiger partial charge in [0.15, 0.2) is 18.1 Å². The maximum atomic E-state index is 13.5. The lowest BCUT2D eigenvalue weighted by Crippen LogP contribution is -2.45. The smallest absolute Gasteiger partial charge is 0.258 e. The monoisotopic (exact) mass is 544 g/mol. The summed E-state index contributed by atoms with van der Waals surface area (Å²) in [7, 11) is 1.53. The highest BCUT2D eigenvalue weighted by molar-refractivity contribution is 5.96. The molecule has 1 saturated heterocycles. The summed E-state index contributed by atoms with van der Waals surface area (Å²) in [6.45, 7) is 2.94. The molecule has 10 nitrogen and oxygen atoms in total. The number of carbonyl (C=O) groups is 3. The quantitative estimate of drug-likeness (QED) is 0.460. The molecule has 0 spiro atoms. The number of amides is 3. The van der Waals surface area contributed by atoms with Gasteiger partial charge in [-0.2, -0.15) is 0 Å². The van der Waals surface area contributed by atoms with Crippen molar-refractivity contribution in [2.24, 2.45) is 5.73 Å². The average Bonchev–Trinajstić information content (AvgIpc) is 3.30. The molecule has 3 aromatic carbocycles. The van der Waals surface area contributed by atoms with E-state index in [1.807, 2.05) is 48.2 Å². The molecule has 3 heterocycles. The van der Waals surface area contributed by atoms with Crippen LogP contribution in [-0.4, -0.2) is 68.1 Å². The maximum absolute atomic E-state index is 13.5. The van der Waals surface area contributed by atoms with E-state index in [9.17, 15) is 14.4 Å². The van der Waals surface area contributed by atoms with Crippen molar-refractivity contribution in [1.29, 1.82) is 0 Å². The summed E-state index contributed by atoms with van der Waals surface area (Å²) in [6.07, 6.45) is -0.466. The Labute approximate surface area is 232 Å². The minimum Gasteiger partial charge on any atom is -0.493 e. The summed E-state index contributed by atoms with van der Waals surface area (Å²) < 4.78 is 17.7. The second-order valence-electron chi connectivity index (χ2n) is 10.0. The standard InChI is InChI=1S/C30H32N4O6/c1-18-6-8-21-12-23(18)20-4-3-5-22(11-20)39-17-29(36)32-13-19-7-9-25(26(10-19)38-2)40-27-15-34(16-28(31)35)14-24(27)33-30(21)37/h3-12,24,27H,13-17H2,1-2H3,(H2,31,35)(H,32,36)(H,33,37)/t24-,27-/m0/s1. The number of primary amides is 1. The molecule has 208 valence electrons. The van der Waals surface area contributed by atoms with Gasteiger partial charge in [0.1, 0.15) is 11.9 Å². The van der Waals surface area contributed by atoms with Gasteiger partial charge in [0, 0.05) is 25.2 Å². The van der Waals surface area contributed by atoms with Gasteiger partial charge >= 0.3 is 0 Å². The van der Waals surface area contributed by atoms with E-state index in [2.05, 4.69) is 10.6 Å². The maximum Gasteiger partial charge on any atom is 0.258 e. The highest BCUT2D eigenvalue weighted by atomic mass is 16.5. The van der Waals surface area contributed by atoms with Crippen LogP contribution in [0.15, 0.2) is 60.7 Å². The third-order valence-electron chi connectivity index (χ3n) is 7.05. The summed E-state index contributed by atoms with van der Waals surface area (Å²) in [6, 6.07) is 17.9. The molecular formula is C30H32N4O6. The van der Waals surface area contributed by atoms with Crippen molar-refractivity contribution < 1.29 is 28.6 Å². The predicted octanol–water partition coefficient (Wildman–Crippen LogP) is 2.03. The molecule has 3 aromatic rings. The molecule has 0 aliphatic carbocycles. The predicted molar refractivity (Wildman–Crippen MR) is 148 cm³/mol. The van der Waals surface area contributed by atoms with E-state index in [4.69, 9.17) is 19.9 Å². The average molecular weight is 545 g/mol. The second-order valence-corrected chi connectivity index (χ2v) is 10.0. The Balaban J connectivity index is 1.51. The van der Waals surface area contributed by atoms with E-state index in [1.165, 1.54) is 7.11 Å². The van der Waals surface area contributed by atoms with Crippen molar-refractivity contribution >= 4 is 17.7 Å². The third kappa shape index (κ3) is 6.18. The molecule has 4 N–H and O–H groups in total. The van der Waals surface area contributed by atoms with Gasteiger partial charge in [-0.15, -0.1) is 0 Å². The molecule has 6 bridgehead atoms. The second kappa shape index (κ2) is 11.7. The topological polar surface area (TPSA) is 132 Å². The molecule has 0 saturated carbocycles. The van der Waals surface area contributed by atoms with E-state index in [1.54, 1.807) is 24.3 Å². The number of aryl methyl sites for hydroxylation is 1. The van der Waals surface area contributed by atoms with Gasteiger partial charge in [0.2, 0.25) is 5.91 Å². The molecule has 6 rings (SSSR count). The van der Waals surface area contributed by atoms with Gasteiger partial charge in [-0.25, -0.2) is 0 Å². The van der Waals surface area contributed by atoms with Crippen molar-refractivity contribution in [3.8, 4) is 28.4 Å². The highest BCUT2D eigenvalue weighted by Crippen LogP contribution is 2.31. The number of likely N-dealkylation sites (tertiary alicyclic amines) is 1. The lowest BCUT2D eigenvalue weighted by Gasteiger charge is -2.23. The molecule has 3 aliphatic rings. The third-order valence-corrected chi connectivity index (χ3v) is 7.05. The highest BCUT2D eigenvalue weighted by Gasteiger charge is 2.37. The summed E-state index contributed by atoms with van der Waals surface area (Å²) in [5.74, 6) is 0.524. The SMILES string of the molecule is COc1cc2ccc1O[C@H]1CN(CC(N)=O)C[C@@H]1NC(=O)c1ccc(C)c(c1)-c1cccc(c1)OCC(=O)NC2. The van der Waals surface area contributed by atoms with Gasteiger partial charge in [-0.1, -0.05) is 24.3 Å². The summed E-state index contributed by atoms with van der Waals surface area (Å²) >= 11 is 0. The molecule has 0 aromatic heterocycles. The molecule has 0 unspecified atom stereocenters. The van der Waals surface area contributed by atoms with Gasteiger partial charge in [-0.3, -0.25) is 19.3 Å². The fourth-order valence-corrected chi connectivity index (χ4v) is 5.02. The van der Waals surface area contributed by atoms with E-state index in [0.717, 1.165) is 22.3 Å². The normalized spacial score (nSPS) is 19.4. The van der Waals surface area contributed by atoms with Crippen molar-refractivity contribution in [2.45, 2.75) is 25.6 Å². The lowest BCUT2D eigenvalue weighted by atomic mass is 9.97. The minimum atomic E-state index is -0.466. The van der Waals surface area contributed by atoms with Crippen molar-refractivity contribution in [1.82, 2.24) is 15.5 Å². The van der Waals surface area contributed by atoms with Crippen LogP contribution in [0.25, 0.3) is 11.1 Å². The van der Waals surface area contributed by atoms with E-state index >= 15 is 0 Å². The fourth-order valence-electron chi connectivity index (χ4n) is 5.02. The van der Waals surface area contributed by atoms with Crippen LogP contribution in [0.4, 0.5) is 0 Å². The van der Waals surface area contributed by atoms with Crippen LogP contribution in [0.5, 0.6) is 17.2 Å². The van der Waals surface area contributed by atoms with Crippen molar-refractivity contribution in [3.05, 3.63) is 77.4 Å². The largest absolute Gasteiger partial charge is 0.493 e. The van der Waals surface area contributed by atoms with E-state index in [-0.39, 0.29) is 31.5 Å². The number of hydrogen-bond acceptors (Lipinski definition) is 7. The summed E-state index contributed by atoms with van der Waals surface area (Å²) in [5.41, 5.74) is 9.47. The van der Waals surface area contributed by atoms with Gasteiger partial charge in [0.25, 0.3) is 11.8 Å². The van der Waals surface area contributed by atoms with Crippen molar-refractivity contribution in [3.63, 3.8) is 0 Å².